The largest absolute Gasteiger partial charge is 0.454 e. The van der Waals surface area contributed by atoms with Gasteiger partial charge in [-0.25, -0.2) is 0 Å². The summed E-state index contributed by atoms with van der Waals surface area (Å²) in [7, 11) is 0. The Balaban J connectivity index is 1.43. The minimum atomic E-state index is -0.354. The Kier molecular flexibility index (Phi) is 5.40. The summed E-state index contributed by atoms with van der Waals surface area (Å²) in [5.74, 6) is 0.818. The van der Waals surface area contributed by atoms with E-state index in [9.17, 15) is 9.59 Å². The summed E-state index contributed by atoms with van der Waals surface area (Å²) < 4.78 is 15.8. The molecule has 0 unspecified atom stereocenters. The maximum absolute atomic E-state index is 12.5. The maximum atomic E-state index is 12.5. The van der Waals surface area contributed by atoms with E-state index in [1.807, 2.05) is 6.92 Å². The number of hydrogen-bond acceptors (Lipinski definition) is 8. The van der Waals surface area contributed by atoms with Crippen LogP contribution in [0.3, 0.4) is 0 Å². The van der Waals surface area contributed by atoms with Gasteiger partial charge in [0, 0.05) is 24.9 Å². The van der Waals surface area contributed by atoms with Crippen molar-refractivity contribution < 1.29 is 23.8 Å². The van der Waals surface area contributed by atoms with Gasteiger partial charge >= 0.3 is 0 Å². The zero-order valence-corrected chi connectivity index (χ0v) is 16.2. The molecule has 0 radical (unpaired) electrons. The molecule has 1 aromatic heterocycles. The second kappa shape index (κ2) is 8.11. The number of nitrogens with one attached hydrogen (secondary N) is 1. The smallest absolute Gasteiger partial charge is 0.286 e. The fourth-order valence-electron chi connectivity index (χ4n) is 3.21. The molecule has 1 saturated heterocycles. The monoisotopic (exact) mass is 404 g/mol. The van der Waals surface area contributed by atoms with Crippen LogP contribution in [0.15, 0.2) is 18.2 Å². The molecule has 2 aliphatic rings. The number of rotatable bonds is 6. The molecule has 2 amide bonds. The normalized spacial score (nSPS) is 17.8. The lowest BCUT2D eigenvalue weighted by atomic mass is 10.2. The van der Waals surface area contributed by atoms with E-state index >= 15 is 0 Å². The standard InChI is InChI=1S/C18H20N4O5S/c1-2-25-9-15(23)22-7-3-4-12(22)17-20-21-18(28-17)16(24)19-11-5-6-13-14(8-11)27-10-26-13/h5-6,8,12H,2-4,7,9-10H2,1H3,(H,19,24)/t12-/m0/s1. The van der Waals surface area contributed by atoms with Crippen molar-refractivity contribution in [3.63, 3.8) is 0 Å². The third-order valence-electron chi connectivity index (χ3n) is 4.55. The predicted octanol–water partition coefficient (Wildman–Crippen LogP) is 2.22. The van der Waals surface area contributed by atoms with Gasteiger partial charge in [0.15, 0.2) is 11.5 Å². The van der Waals surface area contributed by atoms with Gasteiger partial charge in [-0.05, 0) is 31.9 Å². The summed E-state index contributed by atoms with van der Waals surface area (Å²) in [6, 6.07) is 5.02. The molecule has 1 fully saturated rings. The lowest BCUT2D eigenvalue weighted by Crippen LogP contribution is -2.33. The number of fused-ring (bicyclic) bond motifs is 1. The van der Waals surface area contributed by atoms with E-state index in [2.05, 4.69) is 15.5 Å². The van der Waals surface area contributed by atoms with E-state index in [1.165, 1.54) is 11.3 Å². The number of benzene rings is 1. The fraction of sp³-hybridized carbons (Fsp3) is 0.444. The third kappa shape index (κ3) is 3.78. The van der Waals surface area contributed by atoms with Crippen LogP contribution in [0.4, 0.5) is 5.69 Å². The lowest BCUT2D eigenvalue weighted by Gasteiger charge is -2.22. The van der Waals surface area contributed by atoms with Crippen molar-refractivity contribution in [1.82, 2.24) is 15.1 Å². The topological polar surface area (TPSA) is 103 Å². The number of ether oxygens (including phenoxy) is 3. The summed E-state index contributed by atoms with van der Waals surface area (Å²) >= 11 is 1.20. The Hall–Kier alpha value is -2.72. The zero-order chi connectivity index (χ0) is 19.5. The average Bonchev–Trinajstić information content (AvgIpc) is 3.45. The van der Waals surface area contributed by atoms with Gasteiger partial charge in [0.05, 0.1) is 6.04 Å². The Morgan fingerprint density at radius 2 is 2.18 bits per heavy atom. The van der Waals surface area contributed by atoms with Gasteiger partial charge in [0.2, 0.25) is 17.7 Å². The minimum Gasteiger partial charge on any atom is -0.454 e. The summed E-state index contributed by atoms with van der Waals surface area (Å²) in [5, 5.41) is 11.9. The molecule has 2 aliphatic heterocycles. The number of aromatic nitrogens is 2. The molecular formula is C18H20N4O5S. The molecule has 0 saturated carbocycles. The second-order valence-electron chi connectivity index (χ2n) is 6.35. The van der Waals surface area contributed by atoms with Gasteiger partial charge in [-0.15, -0.1) is 10.2 Å². The number of likely N-dealkylation sites (tertiary alicyclic amines) is 1. The highest BCUT2D eigenvalue weighted by atomic mass is 32.1. The van der Waals surface area contributed by atoms with Crippen LogP contribution < -0.4 is 14.8 Å². The number of carbonyl (C=O) groups excluding carboxylic acids is 2. The van der Waals surface area contributed by atoms with Crippen LogP contribution in [0.5, 0.6) is 11.5 Å². The van der Waals surface area contributed by atoms with Crippen molar-refractivity contribution in [2.24, 2.45) is 0 Å². The minimum absolute atomic E-state index is 0.0588. The van der Waals surface area contributed by atoms with E-state index in [0.29, 0.717) is 35.3 Å². The van der Waals surface area contributed by atoms with Gasteiger partial charge in [-0.3, -0.25) is 9.59 Å². The number of amides is 2. The molecule has 1 atom stereocenters. The molecule has 1 N–H and O–H groups in total. The number of nitrogens with zero attached hydrogens (tertiary/aromatic N) is 3. The first-order valence-corrected chi connectivity index (χ1v) is 9.89. The highest BCUT2D eigenvalue weighted by molar-refractivity contribution is 7.13. The van der Waals surface area contributed by atoms with Crippen molar-refractivity contribution in [3.05, 3.63) is 28.2 Å². The second-order valence-corrected chi connectivity index (χ2v) is 7.36. The first-order chi connectivity index (χ1) is 13.7. The van der Waals surface area contributed by atoms with Crippen LogP contribution in [-0.4, -0.2) is 53.5 Å². The Morgan fingerprint density at radius 1 is 1.32 bits per heavy atom. The summed E-state index contributed by atoms with van der Waals surface area (Å²) in [4.78, 5) is 26.6. The highest BCUT2D eigenvalue weighted by Gasteiger charge is 2.33. The average molecular weight is 404 g/mol. The van der Waals surface area contributed by atoms with Crippen LogP contribution in [0.1, 0.15) is 40.6 Å². The van der Waals surface area contributed by atoms with E-state index in [-0.39, 0.29) is 36.3 Å². The summed E-state index contributed by atoms with van der Waals surface area (Å²) in [5.41, 5.74) is 0.584. The van der Waals surface area contributed by atoms with Crippen LogP contribution >= 0.6 is 11.3 Å². The molecule has 2 aromatic rings. The van der Waals surface area contributed by atoms with Crippen molar-refractivity contribution >= 4 is 28.8 Å². The molecule has 4 rings (SSSR count). The molecule has 0 spiro atoms. The Bertz CT molecular complexity index is 887. The quantitative estimate of drug-likeness (QED) is 0.787. The first kappa shape index (κ1) is 18.6. The summed E-state index contributed by atoms with van der Waals surface area (Å²) in [6.45, 7) is 3.24. The third-order valence-corrected chi connectivity index (χ3v) is 5.58. The molecule has 3 heterocycles. The highest BCUT2D eigenvalue weighted by Crippen LogP contribution is 2.35. The fourth-order valence-corrected chi connectivity index (χ4v) is 4.10. The van der Waals surface area contributed by atoms with E-state index < -0.39 is 0 Å². The van der Waals surface area contributed by atoms with E-state index in [0.717, 1.165) is 12.8 Å². The molecule has 9 nitrogen and oxygen atoms in total. The molecule has 28 heavy (non-hydrogen) atoms. The van der Waals surface area contributed by atoms with Gasteiger partial charge < -0.3 is 24.4 Å². The van der Waals surface area contributed by atoms with Crippen molar-refractivity contribution in [2.45, 2.75) is 25.8 Å². The molecule has 0 bridgehead atoms. The van der Waals surface area contributed by atoms with Gasteiger partial charge in [0.1, 0.15) is 11.6 Å². The molecule has 0 aliphatic carbocycles. The van der Waals surface area contributed by atoms with Gasteiger partial charge in [-0.2, -0.15) is 0 Å². The van der Waals surface area contributed by atoms with E-state index in [1.54, 1.807) is 23.1 Å². The maximum Gasteiger partial charge on any atom is 0.286 e. The van der Waals surface area contributed by atoms with Crippen LogP contribution in [0.2, 0.25) is 0 Å². The van der Waals surface area contributed by atoms with Crippen LogP contribution in [0.25, 0.3) is 0 Å². The predicted molar refractivity (Wildman–Crippen MR) is 101 cm³/mol. The van der Waals surface area contributed by atoms with Gasteiger partial charge in [-0.1, -0.05) is 11.3 Å². The molecule has 1 aromatic carbocycles. The lowest BCUT2D eigenvalue weighted by molar-refractivity contribution is -0.136. The van der Waals surface area contributed by atoms with Crippen molar-refractivity contribution in [3.8, 4) is 11.5 Å². The number of hydrogen-bond donors (Lipinski definition) is 1. The first-order valence-electron chi connectivity index (χ1n) is 9.07. The number of carbonyl (C=O) groups is 2. The van der Waals surface area contributed by atoms with Gasteiger partial charge in [0.25, 0.3) is 5.91 Å². The zero-order valence-electron chi connectivity index (χ0n) is 15.3. The Morgan fingerprint density at radius 3 is 3.04 bits per heavy atom. The SMILES string of the molecule is CCOCC(=O)N1CCC[C@H]1c1nnc(C(=O)Nc2ccc3c(c2)OCO3)s1. The summed E-state index contributed by atoms with van der Waals surface area (Å²) in [6.07, 6.45) is 1.69. The molecular weight excluding hydrogens is 384 g/mol. The molecule has 148 valence electrons. The van der Waals surface area contributed by atoms with Crippen LogP contribution in [0, 0.1) is 0 Å². The Labute approximate surface area is 165 Å². The van der Waals surface area contributed by atoms with Crippen LogP contribution in [-0.2, 0) is 9.53 Å². The van der Waals surface area contributed by atoms with E-state index in [4.69, 9.17) is 14.2 Å². The van der Waals surface area contributed by atoms with Crippen molar-refractivity contribution in [2.75, 3.05) is 31.9 Å². The molecule has 10 heteroatoms. The number of anilines is 1. The van der Waals surface area contributed by atoms with Crippen molar-refractivity contribution in [1.29, 1.82) is 0 Å².